The molecule has 11 nitrogen and oxygen atoms in total. The van der Waals surface area contributed by atoms with Crippen molar-refractivity contribution in [2.75, 3.05) is 48.5 Å². The molecule has 0 radical (unpaired) electrons. The fourth-order valence-electron chi connectivity index (χ4n) is 6.42. The number of rotatable bonds is 11. The van der Waals surface area contributed by atoms with Gasteiger partial charge in [-0.2, -0.15) is 16.7 Å². The highest BCUT2D eigenvalue weighted by Crippen LogP contribution is 2.35. The number of pyridine rings is 1. The molecule has 45 heavy (non-hydrogen) atoms. The van der Waals surface area contributed by atoms with E-state index in [0.717, 1.165) is 49.5 Å². The van der Waals surface area contributed by atoms with Gasteiger partial charge in [-0.15, -0.1) is 0 Å². The van der Waals surface area contributed by atoms with Gasteiger partial charge >= 0.3 is 0 Å². The van der Waals surface area contributed by atoms with Crippen LogP contribution in [0.5, 0.6) is 5.75 Å². The molecule has 2 aliphatic rings. The maximum absolute atomic E-state index is 13.6. The van der Waals surface area contributed by atoms with Crippen LogP contribution in [0.1, 0.15) is 58.1 Å². The molecule has 2 aliphatic heterocycles. The summed E-state index contributed by atoms with van der Waals surface area (Å²) >= 11 is 1.89. The Morgan fingerprint density at radius 3 is 2.69 bits per heavy atom. The van der Waals surface area contributed by atoms with Gasteiger partial charge in [0.05, 0.1) is 0 Å². The molecule has 6 rings (SSSR count). The van der Waals surface area contributed by atoms with Crippen LogP contribution >= 0.6 is 11.8 Å². The van der Waals surface area contributed by atoms with Crippen molar-refractivity contribution in [3.63, 3.8) is 0 Å². The van der Waals surface area contributed by atoms with Gasteiger partial charge in [0.1, 0.15) is 5.39 Å². The predicted molar refractivity (Wildman–Crippen MR) is 180 cm³/mol. The number of nitrogens with one attached hydrogen (secondary N) is 1. The minimum Gasteiger partial charge on any atom is -0.480 e. The molecule has 0 aliphatic carbocycles. The number of likely N-dealkylation sites (N-methyl/N-ethyl adjacent to an activating group) is 1. The first kappa shape index (κ1) is 31.1. The Morgan fingerprint density at radius 2 is 1.89 bits per heavy atom. The summed E-state index contributed by atoms with van der Waals surface area (Å²) in [5.74, 6) is 3.85. The van der Waals surface area contributed by atoms with Crippen molar-refractivity contribution in [3.05, 3.63) is 58.0 Å². The molecule has 1 amide bonds. The Bertz CT molecular complexity index is 1780. The van der Waals surface area contributed by atoms with Crippen molar-refractivity contribution in [3.8, 4) is 11.6 Å². The number of hydrogen-bond acceptors (Lipinski definition) is 9. The number of nitrogens with zero attached hydrogens (tertiary/aromatic N) is 7. The SMILES string of the molecule is CCCSCCCN1C(=O)COc2ccc(-n3c4nc(Nc5ccc6c(c5)CN(C)CC6(C)C)ncc4c(=O)n3CCC)nc21. The van der Waals surface area contributed by atoms with Crippen molar-refractivity contribution in [1.29, 1.82) is 0 Å². The molecule has 4 aromatic rings. The lowest BCUT2D eigenvalue weighted by atomic mass is 9.78. The quantitative estimate of drug-likeness (QED) is 0.226. The summed E-state index contributed by atoms with van der Waals surface area (Å²) < 4.78 is 9.13. The highest BCUT2D eigenvalue weighted by Gasteiger charge is 2.31. The summed E-state index contributed by atoms with van der Waals surface area (Å²) in [7, 11) is 2.14. The zero-order chi connectivity index (χ0) is 31.7. The standard InChI is InChI=1S/C33H42N8O3S/c1-6-13-40-31(43)24-18-34-32(35-23-9-10-25-22(17-23)19-38(5)21-33(25,3)4)37-29(24)41(40)27-12-11-26-30(36-27)39(28(42)20-44-26)14-8-16-45-15-7-2/h9-12,17-18H,6-8,13-16,19-21H2,1-5H3,(H,34,35,37). The number of carbonyl (C=O) groups is 1. The van der Waals surface area contributed by atoms with E-state index in [1.807, 2.05) is 30.8 Å². The van der Waals surface area contributed by atoms with Gasteiger partial charge in [-0.25, -0.2) is 19.3 Å². The van der Waals surface area contributed by atoms with Crippen LogP contribution in [0.25, 0.3) is 16.9 Å². The summed E-state index contributed by atoms with van der Waals surface area (Å²) in [6.07, 6.45) is 4.30. The third-order valence-corrected chi connectivity index (χ3v) is 9.55. The summed E-state index contributed by atoms with van der Waals surface area (Å²) in [5.41, 5.74) is 3.83. The normalized spacial score (nSPS) is 16.0. The van der Waals surface area contributed by atoms with Crippen molar-refractivity contribution in [2.24, 2.45) is 0 Å². The lowest BCUT2D eigenvalue weighted by Crippen LogP contribution is -2.40. The number of fused-ring (bicyclic) bond motifs is 3. The summed E-state index contributed by atoms with van der Waals surface area (Å²) in [4.78, 5) is 44.8. The maximum atomic E-state index is 13.6. The molecule has 0 saturated carbocycles. The molecule has 0 atom stereocenters. The Kier molecular flexibility index (Phi) is 8.87. The number of anilines is 3. The molecule has 0 saturated heterocycles. The molecule has 5 heterocycles. The lowest BCUT2D eigenvalue weighted by molar-refractivity contribution is -0.121. The molecular formula is C33H42N8O3S. The monoisotopic (exact) mass is 630 g/mol. The Morgan fingerprint density at radius 1 is 1.04 bits per heavy atom. The number of benzene rings is 1. The van der Waals surface area contributed by atoms with E-state index in [1.54, 1.807) is 20.5 Å². The zero-order valence-corrected chi connectivity index (χ0v) is 27.6. The average molecular weight is 631 g/mol. The van der Waals surface area contributed by atoms with Crippen LogP contribution < -0.4 is 20.5 Å². The number of ether oxygens (including phenoxy) is 1. The van der Waals surface area contributed by atoms with Crippen LogP contribution in [0.3, 0.4) is 0 Å². The fourth-order valence-corrected chi connectivity index (χ4v) is 7.25. The number of aromatic nitrogens is 5. The van der Waals surface area contributed by atoms with E-state index < -0.39 is 0 Å². The van der Waals surface area contributed by atoms with Crippen molar-refractivity contribution < 1.29 is 9.53 Å². The molecule has 12 heteroatoms. The van der Waals surface area contributed by atoms with E-state index in [2.05, 4.69) is 61.2 Å². The molecule has 1 aromatic carbocycles. The van der Waals surface area contributed by atoms with Gasteiger partial charge < -0.3 is 15.0 Å². The highest BCUT2D eigenvalue weighted by molar-refractivity contribution is 7.99. The van der Waals surface area contributed by atoms with E-state index in [4.69, 9.17) is 14.7 Å². The van der Waals surface area contributed by atoms with E-state index in [-0.39, 0.29) is 23.5 Å². The summed E-state index contributed by atoms with van der Waals surface area (Å²) in [6, 6.07) is 10.0. The second kappa shape index (κ2) is 12.8. The van der Waals surface area contributed by atoms with Crippen molar-refractivity contribution in [1.82, 2.24) is 29.2 Å². The number of thioether (sulfide) groups is 1. The van der Waals surface area contributed by atoms with E-state index in [1.165, 1.54) is 11.1 Å². The number of carbonyl (C=O) groups excluding carboxylic acids is 1. The third-order valence-electron chi connectivity index (χ3n) is 8.28. The van der Waals surface area contributed by atoms with Crippen LogP contribution in [0.15, 0.2) is 41.3 Å². The molecule has 0 spiro atoms. The first-order valence-corrected chi connectivity index (χ1v) is 17.0. The predicted octanol–water partition coefficient (Wildman–Crippen LogP) is 5.11. The Labute approximate surface area is 268 Å². The highest BCUT2D eigenvalue weighted by atomic mass is 32.2. The largest absolute Gasteiger partial charge is 0.480 e. The van der Waals surface area contributed by atoms with Crippen LogP contribution in [0, 0.1) is 0 Å². The Balaban J connectivity index is 1.37. The van der Waals surface area contributed by atoms with Gasteiger partial charge in [0.2, 0.25) is 5.95 Å². The summed E-state index contributed by atoms with van der Waals surface area (Å²) in [6.45, 7) is 11.6. The van der Waals surface area contributed by atoms with Gasteiger partial charge in [0, 0.05) is 43.5 Å². The zero-order valence-electron chi connectivity index (χ0n) is 26.8. The van der Waals surface area contributed by atoms with E-state index in [9.17, 15) is 9.59 Å². The molecule has 3 aromatic heterocycles. The van der Waals surface area contributed by atoms with Gasteiger partial charge in [0.15, 0.2) is 29.6 Å². The average Bonchev–Trinajstić information content (AvgIpc) is 3.27. The molecule has 238 valence electrons. The lowest BCUT2D eigenvalue weighted by Gasteiger charge is -2.38. The smallest absolute Gasteiger partial charge is 0.278 e. The first-order chi connectivity index (χ1) is 21.7. The molecule has 0 bridgehead atoms. The molecular weight excluding hydrogens is 588 g/mol. The van der Waals surface area contributed by atoms with Gasteiger partial charge in [-0.05, 0) is 73.2 Å². The van der Waals surface area contributed by atoms with E-state index >= 15 is 0 Å². The van der Waals surface area contributed by atoms with Gasteiger partial charge in [-0.1, -0.05) is 33.8 Å². The second-order valence-corrected chi connectivity index (χ2v) is 13.7. The fraction of sp³-hybridized carbons (Fsp3) is 0.485. The number of amides is 1. The molecule has 1 N–H and O–H groups in total. The molecule has 0 fully saturated rings. The van der Waals surface area contributed by atoms with Crippen LogP contribution in [-0.2, 0) is 23.3 Å². The summed E-state index contributed by atoms with van der Waals surface area (Å²) in [5, 5.41) is 3.77. The number of hydrogen-bond donors (Lipinski definition) is 1. The first-order valence-electron chi connectivity index (χ1n) is 15.8. The van der Waals surface area contributed by atoms with Crippen LogP contribution in [0.4, 0.5) is 17.5 Å². The topological polar surface area (TPSA) is 110 Å². The van der Waals surface area contributed by atoms with Crippen molar-refractivity contribution >= 4 is 46.2 Å². The molecule has 0 unspecified atom stereocenters. The van der Waals surface area contributed by atoms with Gasteiger partial charge in [-0.3, -0.25) is 14.5 Å². The third kappa shape index (κ3) is 6.17. The van der Waals surface area contributed by atoms with E-state index in [0.29, 0.717) is 47.5 Å². The van der Waals surface area contributed by atoms with Crippen LogP contribution in [-0.4, -0.2) is 73.4 Å². The van der Waals surface area contributed by atoms with Gasteiger partial charge in [0.25, 0.3) is 11.5 Å². The minimum atomic E-state index is -0.186. The second-order valence-electron chi connectivity index (χ2n) is 12.5. The Hall–Kier alpha value is -3.90. The van der Waals surface area contributed by atoms with Crippen LogP contribution in [0.2, 0.25) is 0 Å². The maximum Gasteiger partial charge on any atom is 0.278 e. The van der Waals surface area contributed by atoms with Crippen molar-refractivity contribution in [2.45, 2.75) is 65.5 Å². The minimum absolute atomic E-state index is 0.0120.